The van der Waals surface area contributed by atoms with Crippen molar-refractivity contribution in [2.75, 3.05) is 6.61 Å². The first-order valence-electron chi connectivity index (χ1n) is 7.83. The summed E-state index contributed by atoms with van der Waals surface area (Å²) in [4.78, 5) is 11.1. The number of aliphatic carboxylic acids is 1. The summed E-state index contributed by atoms with van der Waals surface area (Å²) in [6.07, 6.45) is -0.473. The van der Waals surface area contributed by atoms with Crippen LogP contribution < -0.4 is 44.1 Å². The molecule has 0 heterocycles. The summed E-state index contributed by atoms with van der Waals surface area (Å²) in [5.74, 6) is -0.717. The van der Waals surface area contributed by atoms with E-state index in [9.17, 15) is 18.3 Å². The van der Waals surface area contributed by atoms with E-state index in [0.717, 1.165) is 5.56 Å². The number of carboxylic acid groups (broad SMARTS) is 1. The standard InChI is InChI=1S/C18H21NO5S.Na/c1-3-24-15-8-6-14(7-9-15)17(12-18(20)21)19-25(22,23)16-10-4-13(2)5-11-16;/h4-11,17,19H,3,12H2,1-2H3,(H,20,21);/q;+1/p-1. The van der Waals surface area contributed by atoms with Crippen LogP contribution in [0, 0.1) is 6.92 Å². The first-order valence-corrected chi connectivity index (χ1v) is 9.31. The minimum absolute atomic E-state index is 0. The molecule has 0 aliphatic heterocycles. The maximum atomic E-state index is 12.5. The monoisotopic (exact) mass is 385 g/mol. The third-order valence-corrected chi connectivity index (χ3v) is 5.08. The number of carboxylic acids is 1. The van der Waals surface area contributed by atoms with Crippen molar-refractivity contribution < 1.29 is 52.6 Å². The molecule has 0 amide bonds. The number of nitrogens with one attached hydrogen (secondary N) is 1. The maximum absolute atomic E-state index is 12.5. The van der Waals surface area contributed by atoms with Gasteiger partial charge in [0.05, 0.1) is 17.5 Å². The molecule has 0 bridgehead atoms. The first-order chi connectivity index (χ1) is 11.8. The number of carbonyl (C=O) groups is 1. The van der Waals surface area contributed by atoms with E-state index in [-0.39, 0.29) is 34.5 Å². The molecule has 0 saturated carbocycles. The van der Waals surface area contributed by atoms with E-state index in [2.05, 4.69) is 4.72 Å². The third-order valence-electron chi connectivity index (χ3n) is 3.59. The number of aryl methyl sites for hydroxylation is 1. The van der Waals surface area contributed by atoms with Crippen molar-refractivity contribution in [1.29, 1.82) is 0 Å². The van der Waals surface area contributed by atoms with Crippen LogP contribution in [0.15, 0.2) is 53.4 Å². The van der Waals surface area contributed by atoms with E-state index in [1.807, 2.05) is 13.8 Å². The van der Waals surface area contributed by atoms with Gasteiger partial charge in [0.15, 0.2) is 0 Å². The fourth-order valence-corrected chi connectivity index (χ4v) is 3.55. The molecule has 0 aromatic heterocycles. The van der Waals surface area contributed by atoms with Crippen LogP contribution in [0.3, 0.4) is 0 Å². The fourth-order valence-electron chi connectivity index (χ4n) is 2.33. The summed E-state index contributed by atoms with van der Waals surface area (Å²) in [7, 11) is -3.86. The second-order valence-corrected chi connectivity index (χ2v) is 7.28. The number of carbonyl (C=O) groups excluding carboxylic acids is 1. The molecule has 2 aromatic rings. The summed E-state index contributed by atoms with van der Waals surface area (Å²) in [6, 6.07) is 12.0. The fraction of sp³-hybridized carbons (Fsp3) is 0.278. The molecule has 134 valence electrons. The van der Waals surface area contributed by atoms with E-state index in [1.165, 1.54) is 12.1 Å². The van der Waals surface area contributed by atoms with Crippen molar-refractivity contribution in [3.05, 3.63) is 59.7 Å². The Morgan fingerprint density at radius 2 is 1.69 bits per heavy atom. The normalized spacial score (nSPS) is 12.1. The van der Waals surface area contributed by atoms with Crippen LogP contribution in [0.5, 0.6) is 5.75 Å². The van der Waals surface area contributed by atoms with Crippen LogP contribution in [-0.4, -0.2) is 21.0 Å². The third kappa shape index (κ3) is 6.41. The van der Waals surface area contributed by atoms with Gasteiger partial charge in [-0.2, -0.15) is 0 Å². The molecule has 0 aliphatic rings. The van der Waals surface area contributed by atoms with E-state index in [0.29, 0.717) is 17.9 Å². The number of sulfonamides is 1. The molecule has 0 aliphatic carbocycles. The molecule has 2 aromatic carbocycles. The van der Waals surface area contributed by atoms with Crippen molar-refractivity contribution in [2.24, 2.45) is 0 Å². The minimum atomic E-state index is -3.86. The van der Waals surface area contributed by atoms with Crippen molar-refractivity contribution in [3.63, 3.8) is 0 Å². The van der Waals surface area contributed by atoms with Gasteiger partial charge in [-0.15, -0.1) is 0 Å². The Labute approximate surface area is 175 Å². The Kier molecular flexibility index (Phi) is 8.79. The van der Waals surface area contributed by atoms with Crippen LogP contribution in [0.1, 0.15) is 30.5 Å². The van der Waals surface area contributed by atoms with Crippen LogP contribution in [-0.2, 0) is 14.8 Å². The van der Waals surface area contributed by atoms with Crippen molar-refractivity contribution in [3.8, 4) is 5.75 Å². The van der Waals surface area contributed by atoms with Gasteiger partial charge in [-0.25, -0.2) is 13.1 Å². The minimum Gasteiger partial charge on any atom is -0.550 e. The van der Waals surface area contributed by atoms with E-state index in [1.54, 1.807) is 36.4 Å². The van der Waals surface area contributed by atoms with Gasteiger partial charge in [0.25, 0.3) is 0 Å². The molecule has 1 atom stereocenters. The molecule has 0 spiro atoms. The Bertz CT molecular complexity index is 820. The van der Waals surface area contributed by atoms with E-state index in [4.69, 9.17) is 4.74 Å². The van der Waals surface area contributed by atoms with Gasteiger partial charge in [0, 0.05) is 12.4 Å². The zero-order valence-electron chi connectivity index (χ0n) is 15.1. The summed E-state index contributed by atoms with van der Waals surface area (Å²) < 4.78 is 32.8. The molecular formula is C18H20NNaO5S. The first kappa shape index (κ1) is 22.7. The molecule has 2 rings (SSSR count). The number of ether oxygens (including phenoxy) is 1. The summed E-state index contributed by atoms with van der Waals surface area (Å²) in [5.41, 5.74) is 1.44. The average molecular weight is 385 g/mol. The molecule has 8 heteroatoms. The summed E-state index contributed by atoms with van der Waals surface area (Å²) >= 11 is 0. The van der Waals surface area contributed by atoms with Crippen LogP contribution in [0.25, 0.3) is 0 Å². The molecule has 1 unspecified atom stereocenters. The maximum Gasteiger partial charge on any atom is 1.00 e. The zero-order chi connectivity index (χ0) is 18.4. The van der Waals surface area contributed by atoms with Crippen molar-refractivity contribution in [1.82, 2.24) is 4.72 Å². The van der Waals surface area contributed by atoms with Gasteiger partial charge >= 0.3 is 29.6 Å². The van der Waals surface area contributed by atoms with Crippen molar-refractivity contribution >= 4 is 16.0 Å². The number of rotatable bonds is 8. The topological polar surface area (TPSA) is 95.5 Å². The number of hydrogen-bond acceptors (Lipinski definition) is 5. The largest absolute Gasteiger partial charge is 1.00 e. The van der Waals surface area contributed by atoms with E-state index < -0.39 is 28.5 Å². The molecule has 6 nitrogen and oxygen atoms in total. The predicted octanol–water partition coefficient (Wildman–Crippen LogP) is -1.44. The Morgan fingerprint density at radius 3 is 2.19 bits per heavy atom. The summed E-state index contributed by atoms with van der Waals surface area (Å²) in [6.45, 7) is 4.20. The number of hydrogen-bond donors (Lipinski definition) is 1. The second kappa shape index (κ2) is 10.1. The molecule has 26 heavy (non-hydrogen) atoms. The zero-order valence-corrected chi connectivity index (χ0v) is 17.9. The van der Waals surface area contributed by atoms with Gasteiger partial charge in [-0.1, -0.05) is 29.8 Å². The Morgan fingerprint density at radius 1 is 1.12 bits per heavy atom. The van der Waals surface area contributed by atoms with Gasteiger partial charge in [0.2, 0.25) is 10.0 Å². The SMILES string of the molecule is CCOc1ccc(C(CC(=O)[O-])NS(=O)(=O)c2ccc(C)cc2)cc1.[Na+]. The molecule has 0 saturated heterocycles. The molecule has 0 fully saturated rings. The van der Waals surface area contributed by atoms with Gasteiger partial charge in [0.1, 0.15) is 5.75 Å². The number of benzene rings is 2. The molecule has 1 N–H and O–H groups in total. The molecule has 0 radical (unpaired) electrons. The van der Waals surface area contributed by atoms with Gasteiger partial charge in [-0.3, -0.25) is 0 Å². The predicted molar refractivity (Wildman–Crippen MR) is 91.5 cm³/mol. The smallest absolute Gasteiger partial charge is 0.550 e. The van der Waals surface area contributed by atoms with Crippen LogP contribution >= 0.6 is 0 Å². The average Bonchev–Trinajstić information content (AvgIpc) is 2.55. The van der Waals surface area contributed by atoms with Gasteiger partial charge in [-0.05, 0) is 43.7 Å². The Hall–Kier alpha value is -1.38. The van der Waals surface area contributed by atoms with Crippen LogP contribution in [0.4, 0.5) is 0 Å². The van der Waals surface area contributed by atoms with Crippen molar-refractivity contribution in [2.45, 2.75) is 31.2 Å². The van der Waals surface area contributed by atoms with Crippen LogP contribution in [0.2, 0.25) is 0 Å². The summed E-state index contributed by atoms with van der Waals surface area (Å²) in [5, 5.41) is 11.0. The Balaban J connectivity index is 0.00000338. The van der Waals surface area contributed by atoms with Gasteiger partial charge < -0.3 is 14.6 Å². The quantitative estimate of drug-likeness (QED) is 0.562. The second-order valence-electron chi connectivity index (χ2n) is 5.57. The van der Waals surface area contributed by atoms with E-state index >= 15 is 0 Å². The molecular weight excluding hydrogens is 365 g/mol.